The summed E-state index contributed by atoms with van der Waals surface area (Å²) in [5.41, 5.74) is 9.80. The Morgan fingerprint density at radius 1 is 0.500 bits per heavy atom. The van der Waals surface area contributed by atoms with Crippen molar-refractivity contribution in [2.75, 3.05) is 0 Å². The van der Waals surface area contributed by atoms with Gasteiger partial charge in [0.1, 0.15) is 5.52 Å². The molecule has 0 saturated heterocycles. The largest absolute Gasteiger partial charge is 0.436 e. The van der Waals surface area contributed by atoms with E-state index in [1.54, 1.807) is 0 Å². The number of aromatic nitrogens is 4. The summed E-state index contributed by atoms with van der Waals surface area (Å²) in [4.78, 5) is 10.1. The Labute approximate surface area is 240 Å². The van der Waals surface area contributed by atoms with Gasteiger partial charge in [-0.15, -0.1) is 0 Å². The van der Waals surface area contributed by atoms with E-state index >= 15 is 0 Å². The number of nitrogens with zero attached hydrogens (tertiary/aromatic N) is 4. The minimum atomic E-state index is 0.618. The number of benzene rings is 5. The van der Waals surface area contributed by atoms with Gasteiger partial charge in [-0.3, -0.25) is 0 Å². The van der Waals surface area contributed by atoms with Crippen LogP contribution in [0.2, 0.25) is 0 Å². The first kappa shape index (κ1) is 22.9. The number of rotatable bonds is 3. The molecule has 0 atom stereocenters. The van der Waals surface area contributed by atoms with Crippen molar-refractivity contribution < 1.29 is 4.42 Å². The Morgan fingerprint density at radius 2 is 1.21 bits per heavy atom. The van der Waals surface area contributed by atoms with Crippen molar-refractivity contribution in [2.24, 2.45) is 0 Å². The predicted molar refractivity (Wildman–Crippen MR) is 169 cm³/mol. The highest BCUT2D eigenvalue weighted by Crippen LogP contribution is 2.38. The highest BCUT2D eigenvalue weighted by atomic mass is 16.3. The third kappa shape index (κ3) is 3.47. The van der Waals surface area contributed by atoms with Gasteiger partial charge in [0.15, 0.2) is 5.58 Å². The minimum absolute atomic E-state index is 0.618. The van der Waals surface area contributed by atoms with Crippen molar-refractivity contribution in [3.8, 4) is 33.8 Å². The summed E-state index contributed by atoms with van der Waals surface area (Å²) in [6, 6.07) is 43.6. The fraction of sp³-hybridized carbons (Fsp3) is 0. The highest BCUT2D eigenvalue weighted by Gasteiger charge is 2.17. The first-order chi connectivity index (χ1) is 20.8. The number of hydrogen-bond acceptors (Lipinski definition) is 4. The molecule has 0 aliphatic carbocycles. The van der Waals surface area contributed by atoms with Crippen LogP contribution in [0.1, 0.15) is 0 Å². The van der Waals surface area contributed by atoms with E-state index in [4.69, 9.17) is 19.5 Å². The van der Waals surface area contributed by atoms with E-state index in [0.29, 0.717) is 5.89 Å². The van der Waals surface area contributed by atoms with Gasteiger partial charge in [0.2, 0.25) is 5.89 Å². The van der Waals surface area contributed by atoms with E-state index in [0.717, 1.165) is 77.1 Å². The number of oxazole rings is 1. The molecular formula is C37H22N4O. The monoisotopic (exact) mass is 538 g/mol. The molecule has 0 radical (unpaired) electrons. The van der Waals surface area contributed by atoms with Gasteiger partial charge >= 0.3 is 0 Å². The quantitative estimate of drug-likeness (QED) is 0.210. The molecule has 42 heavy (non-hydrogen) atoms. The molecule has 0 bridgehead atoms. The number of para-hydroxylation sites is 1. The molecule has 5 aromatic carbocycles. The predicted octanol–water partition coefficient (Wildman–Crippen LogP) is 9.33. The second-order valence-corrected chi connectivity index (χ2v) is 10.5. The number of hydrogen-bond donors (Lipinski definition) is 0. The van der Waals surface area contributed by atoms with Crippen LogP contribution in [0.5, 0.6) is 0 Å². The van der Waals surface area contributed by atoms with Crippen LogP contribution in [-0.2, 0) is 0 Å². The lowest BCUT2D eigenvalue weighted by molar-refractivity contribution is 0.620. The average Bonchev–Trinajstić information content (AvgIpc) is 3.66. The van der Waals surface area contributed by atoms with Crippen LogP contribution in [0.25, 0.3) is 83.0 Å². The Bertz CT molecular complexity index is 2460. The van der Waals surface area contributed by atoms with Gasteiger partial charge in [0.25, 0.3) is 0 Å². The molecule has 4 aromatic heterocycles. The third-order valence-electron chi connectivity index (χ3n) is 8.06. The summed E-state index contributed by atoms with van der Waals surface area (Å²) in [6.07, 6.45) is 2.10. The maximum Gasteiger partial charge on any atom is 0.227 e. The van der Waals surface area contributed by atoms with Crippen molar-refractivity contribution in [2.45, 2.75) is 0 Å². The van der Waals surface area contributed by atoms with Crippen molar-refractivity contribution in [1.29, 1.82) is 0 Å². The molecule has 0 amide bonds. The van der Waals surface area contributed by atoms with E-state index in [2.05, 4.69) is 72.9 Å². The summed E-state index contributed by atoms with van der Waals surface area (Å²) in [5, 5.41) is 9.09. The summed E-state index contributed by atoms with van der Waals surface area (Å²) < 4.78 is 8.20. The summed E-state index contributed by atoms with van der Waals surface area (Å²) in [7, 11) is 0. The van der Waals surface area contributed by atoms with Crippen molar-refractivity contribution >= 4 is 49.2 Å². The zero-order valence-electron chi connectivity index (χ0n) is 22.4. The zero-order valence-corrected chi connectivity index (χ0v) is 22.4. The molecule has 9 aromatic rings. The van der Waals surface area contributed by atoms with Crippen LogP contribution < -0.4 is 0 Å². The molecule has 9 rings (SSSR count). The zero-order chi connectivity index (χ0) is 27.6. The van der Waals surface area contributed by atoms with Gasteiger partial charge in [-0.1, -0.05) is 84.9 Å². The molecule has 0 saturated carbocycles. The lowest BCUT2D eigenvalue weighted by atomic mass is 9.97. The van der Waals surface area contributed by atoms with Gasteiger partial charge in [0.05, 0.1) is 22.2 Å². The van der Waals surface area contributed by atoms with E-state index in [1.807, 2.05) is 65.2 Å². The van der Waals surface area contributed by atoms with Gasteiger partial charge in [-0.05, 0) is 48.0 Å². The van der Waals surface area contributed by atoms with E-state index < -0.39 is 0 Å². The number of pyridine rings is 2. The van der Waals surface area contributed by atoms with Crippen molar-refractivity contribution in [3.63, 3.8) is 0 Å². The first-order valence-corrected chi connectivity index (χ1v) is 14.0. The SMILES string of the molecule is c1ccc(-c2nc3c(ccc4c(-c5ccc(-c6ccc7c8ccccc8nn7c6)cc5)nc5ccccc5c43)o2)cc1. The third-order valence-corrected chi connectivity index (χ3v) is 8.06. The van der Waals surface area contributed by atoms with Gasteiger partial charge < -0.3 is 4.42 Å². The van der Waals surface area contributed by atoms with Gasteiger partial charge in [-0.25, -0.2) is 14.5 Å². The first-order valence-electron chi connectivity index (χ1n) is 14.0. The van der Waals surface area contributed by atoms with E-state index in [-0.39, 0.29) is 0 Å². The molecule has 5 nitrogen and oxygen atoms in total. The molecule has 0 unspecified atom stereocenters. The van der Waals surface area contributed by atoms with E-state index in [1.165, 1.54) is 0 Å². The molecule has 196 valence electrons. The molecule has 0 fully saturated rings. The van der Waals surface area contributed by atoms with Gasteiger partial charge in [-0.2, -0.15) is 5.10 Å². The molecule has 0 N–H and O–H groups in total. The van der Waals surface area contributed by atoms with Gasteiger partial charge in [0, 0.05) is 44.4 Å². The van der Waals surface area contributed by atoms with Crippen LogP contribution in [0.3, 0.4) is 0 Å². The normalized spacial score (nSPS) is 11.8. The van der Waals surface area contributed by atoms with Crippen LogP contribution in [0.4, 0.5) is 0 Å². The second-order valence-electron chi connectivity index (χ2n) is 10.5. The summed E-state index contributed by atoms with van der Waals surface area (Å²) in [5.74, 6) is 0.618. The maximum absolute atomic E-state index is 6.23. The lowest BCUT2D eigenvalue weighted by Gasteiger charge is -2.11. The maximum atomic E-state index is 6.23. The lowest BCUT2D eigenvalue weighted by Crippen LogP contribution is -1.91. The van der Waals surface area contributed by atoms with Crippen molar-refractivity contribution in [1.82, 2.24) is 19.6 Å². The summed E-state index contributed by atoms with van der Waals surface area (Å²) in [6.45, 7) is 0. The van der Waals surface area contributed by atoms with Crippen LogP contribution in [-0.4, -0.2) is 19.6 Å². The standard InChI is InChI=1S/C37H22N4O/c1-2-8-25(9-3-1)37-39-36-33(42-37)21-19-29-34(36)28-11-5-6-12-30(28)38-35(29)24-16-14-23(15-17-24)26-18-20-32-27-10-4-7-13-31(27)40-41(32)22-26/h1-22H. The van der Waals surface area contributed by atoms with Crippen molar-refractivity contribution in [3.05, 3.63) is 134 Å². The fourth-order valence-electron chi connectivity index (χ4n) is 6.02. The molecule has 0 aliphatic rings. The molecule has 4 heterocycles. The molecule has 0 spiro atoms. The minimum Gasteiger partial charge on any atom is -0.436 e. The highest BCUT2D eigenvalue weighted by molar-refractivity contribution is 6.20. The van der Waals surface area contributed by atoms with E-state index in [9.17, 15) is 0 Å². The Balaban J connectivity index is 1.20. The van der Waals surface area contributed by atoms with Crippen LogP contribution in [0.15, 0.2) is 138 Å². The topological polar surface area (TPSA) is 56.2 Å². The summed E-state index contributed by atoms with van der Waals surface area (Å²) >= 11 is 0. The molecule has 0 aliphatic heterocycles. The van der Waals surface area contributed by atoms with Crippen LogP contribution >= 0.6 is 0 Å². The average molecular weight is 539 g/mol. The smallest absolute Gasteiger partial charge is 0.227 e. The Morgan fingerprint density at radius 3 is 2.07 bits per heavy atom. The molecular weight excluding hydrogens is 516 g/mol. The number of fused-ring (bicyclic) bond motifs is 8. The Hall–Kier alpha value is -5.81. The Kier molecular flexibility index (Phi) is 4.83. The fourth-order valence-corrected chi connectivity index (χ4v) is 6.02. The van der Waals surface area contributed by atoms with Crippen LogP contribution in [0, 0.1) is 0 Å². The second kappa shape index (κ2) is 8.85. The molecule has 5 heteroatoms.